The molecule has 1 saturated heterocycles. The van der Waals surface area contributed by atoms with Crippen molar-refractivity contribution < 1.29 is 14.3 Å². The van der Waals surface area contributed by atoms with E-state index in [0.29, 0.717) is 45.3 Å². The number of nitrogens with zero attached hydrogens (tertiary/aromatic N) is 4. The summed E-state index contributed by atoms with van der Waals surface area (Å²) in [6.07, 6.45) is 1.13. The van der Waals surface area contributed by atoms with Gasteiger partial charge in [-0.1, -0.05) is 30.3 Å². The second-order valence-corrected chi connectivity index (χ2v) is 6.31. The molecule has 0 aliphatic carbocycles. The van der Waals surface area contributed by atoms with Crippen molar-refractivity contribution in [1.82, 2.24) is 20.2 Å². The van der Waals surface area contributed by atoms with Crippen LogP contribution in [0, 0.1) is 0 Å². The quantitative estimate of drug-likeness (QED) is 0.798. The summed E-state index contributed by atoms with van der Waals surface area (Å²) in [6.45, 7) is 4.70. The molecule has 1 aliphatic heterocycles. The van der Waals surface area contributed by atoms with Gasteiger partial charge in [0.15, 0.2) is 0 Å². The lowest BCUT2D eigenvalue weighted by atomic mass is 10.2. The highest BCUT2D eigenvalue weighted by Crippen LogP contribution is 2.16. The molecule has 1 fully saturated rings. The normalized spacial score (nSPS) is 13.9. The van der Waals surface area contributed by atoms with E-state index in [1.807, 2.05) is 35.2 Å². The first-order valence-electron chi connectivity index (χ1n) is 9.19. The van der Waals surface area contributed by atoms with Gasteiger partial charge in [0, 0.05) is 38.9 Å². The zero-order valence-corrected chi connectivity index (χ0v) is 15.8. The number of nitrogen functional groups attached to an aromatic ring is 1. The fourth-order valence-corrected chi connectivity index (χ4v) is 2.89. The van der Waals surface area contributed by atoms with Gasteiger partial charge in [-0.3, -0.25) is 4.79 Å². The lowest BCUT2D eigenvalue weighted by molar-refractivity contribution is 0.0950. The second kappa shape index (κ2) is 9.03. The van der Waals surface area contributed by atoms with Crippen LogP contribution in [0.3, 0.4) is 0 Å². The molecule has 1 aromatic heterocycles. The maximum absolute atomic E-state index is 12.4. The van der Waals surface area contributed by atoms with E-state index < -0.39 is 0 Å². The maximum Gasteiger partial charge on any atom is 0.409 e. The molecular weight excluding hydrogens is 360 g/mol. The third kappa shape index (κ3) is 4.67. The van der Waals surface area contributed by atoms with E-state index in [9.17, 15) is 9.59 Å². The van der Waals surface area contributed by atoms with Crippen molar-refractivity contribution in [2.24, 2.45) is 0 Å². The predicted octanol–water partition coefficient (Wildman–Crippen LogP) is 1.27. The van der Waals surface area contributed by atoms with Crippen LogP contribution in [0.15, 0.2) is 36.5 Å². The molecule has 0 spiro atoms. The minimum absolute atomic E-state index is 0.128. The molecule has 0 unspecified atom stereocenters. The number of amides is 2. The van der Waals surface area contributed by atoms with Crippen molar-refractivity contribution in [3.63, 3.8) is 0 Å². The molecule has 9 nitrogen and oxygen atoms in total. The first-order valence-corrected chi connectivity index (χ1v) is 9.19. The van der Waals surface area contributed by atoms with Crippen molar-refractivity contribution in [3.8, 4) is 0 Å². The standard InChI is InChI=1S/C19H24N6O3/c1-2-28-19(27)25-10-8-24(9-11-25)18-22-13-15(16(20)23-18)17(26)21-12-14-6-4-3-5-7-14/h3-7,13H,2,8-12H2,1H3,(H,21,26)(H2,20,22,23). The largest absolute Gasteiger partial charge is 0.450 e. The second-order valence-electron chi connectivity index (χ2n) is 6.31. The maximum atomic E-state index is 12.4. The Bertz CT molecular complexity index is 822. The number of nitrogens with one attached hydrogen (secondary N) is 1. The van der Waals surface area contributed by atoms with Crippen LogP contribution in [0.1, 0.15) is 22.8 Å². The number of rotatable bonds is 5. The van der Waals surface area contributed by atoms with E-state index in [1.54, 1.807) is 11.8 Å². The third-order valence-corrected chi connectivity index (χ3v) is 4.43. The van der Waals surface area contributed by atoms with E-state index >= 15 is 0 Å². The number of ether oxygens (including phenoxy) is 1. The molecule has 0 bridgehead atoms. The minimum atomic E-state index is -0.319. The van der Waals surface area contributed by atoms with Gasteiger partial charge in [0.1, 0.15) is 5.82 Å². The van der Waals surface area contributed by atoms with E-state index in [1.165, 1.54) is 6.20 Å². The first kappa shape index (κ1) is 19.4. The van der Waals surface area contributed by atoms with Crippen LogP contribution in [-0.4, -0.2) is 59.7 Å². The highest BCUT2D eigenvalue weighted by molar-refractivity contribution is 5.98. The van der Waals surface area contributed by atoms with Gasteiger partial charge >= 0.3 is 6.09 Å². The number of aromatic nitrogens is 2. The Morgan fingerprint density at radius 2 is 1.89 bits per heavy atom. The topological polar surface area (TPSA) is 114 Å². The van der Waals surface area contributed by atoms with Gasteiger partial charge in [0.05, 0.1) is 12.2 Å². The molecule has 2 aromatic rings. The van der Waals surface area contributed by atoms with E-state index in [-0.39, 0.29) is 23.4 Å². The SMILES string of the molecule is CCOC(=O)N1CCN(c2ncc(C(=O)NCc3ccccc3)c(N)n2)CC1. The van der Waals surface area contributed by atoms with Crippen LogP contribution in [0.4, 0.5) is 16.6 Å². The Labute approximate surface area is 163 Å². The number of benzene rings is 1. The Hall–Kier alpha value is -3.36. The summed E-state index contributed by atoms with van der Waals surface area (Å²) in [5, 5.41) is 2.81. The molecule has 0 atom stereocenters. The Balaban J connectivity index is 1.58. The van der Waals surface area contributed by atoms with Gasteiger partial charge in [-0.15, -0.1) is 0 Å². The number of hydrogen-bond acceptors (Lipinski definition) is 7. The predicted molar refractivity (Wildman–Crippen MR) is 105 cm³/mol. The summed E-state index contributed by atoms with van der Waals surface area (Å²) in [6, 6.07) is 9.60. The van der Waals surface area contributed by atoms with Gasteiger partial charge in [0.2, 0.25) is 5.95 Å². The van der Waals surface area contributed by atoms with Gasteiger partial charge < -0.3 is 25.6 Å². The van der Waals surface area contributed by atoms with E-state index in [0.717, 1.165) is 5.56 Å². The molecule has 0 saturated carbocycles. The number of nitrogens with two attached hydrogens (primary N) is 1. The van der Waals surface area contributed by atoms with Crippen molar-refractivity contribution >= 4 is 23.8 Å². The average Bonchev–Trinajstić information content (AvgIpc) is 2.73. The van der Waals surface area contributed by atoms with Crippen LogP contribution in [0.5, 0.6) is 0 Å². The van der Waals surface area contributed by atoms with Crippen molar-refractivity contribution in [1.29, 1.82) is 0 Å². The van der Waals surface area contributed by atoms with Gasteiger partial charge in [-0.25, -0.2) is 9.78 Å². The summed E-state index contributed by atoms with van der Waals surface area (Å²) < 4.78 is 5.01. The molecule has 148 valence electrons. The number of piperazine rings is 1. The van der Waals surface area contributed by atoms with E-state index in [2.05, 4.69) is 15.3 Å². The van der Waals surface area contributed by atoms with Crippen LogP contribution in [-0.2, 0) is 11.3 Å². The van der Waals surface area contributed by atoms with Crippen LogP contribution >= 0.6 is 0 Å². The highest BCUT2D eigenvalue weighted by atomic mass is 16.6. The highest BCUT2D eigenvalue weighted by Gasteiger charge is 2.24. The van der Waals surface area contributed by atoms with Crippen LogP contribution in [0.2, 0.25) is 0 Å². The Morgan fingerprint density at radius 1 is 1.18 bits per heavy atom. The summed E-state index contributed by atoms with van der Waals surface area (Å²) >= 11 is 0. The summed E-state index contributed by atoms with van der Waals surface area (Å²) in [5.74, 6) is 0.254. The van der Waals surface area contributed by atoms with Gasteiger partial charge in [0.25, 0.3) is 5.91 Å². The zero-order valence-electron chi connectivity index (χ0n) is 15.8. The fourth-order valence-electron chi connectivity index (χ4n) is 2.89. The molecule has 9 heteroatoms. The Kier molecular flexibility index (Phi) is 6.25. The number of hydrogen-bond donors (Lipinski definition) is 2. The number of anilines is 2. The van der Waals surface area contributed by atoms with E-state index in [4.69, 9.17) is 10.5 Å². The summed E-state index contributed by atoms with van der Waals surface area (Å²) in [5.41, 5.74) is 7.22. The van der Waals surface area contributed by atoms with Gasteiger partial charge in [-0.05, 0) is 12.5 Å². The van der Waals surface area contributed by atoms with Crippen molar-refractivity contribution in [2.45, 2.75) is 13.5 Å². The lowest BCUT2D eigenvalue weighted by Crippen LogP contribution is -2.49. The van der Waals surface area contributed by atoms with Gasteiger partial charge in [-0.2, -0.15) is 4.98 Å². The monoisotopic (exact) mass is 384 g/mol. The zero-order chi connectivity index (χ0) is 19.9. The third-order valence-electron chi connectivity index (χ3n) is 4.43. The average molecular weight is 384 g/mol. The van der Waals surface area contributed by atoms with Crippen molar-refractivity contribution in [2.75, 3.05) is 43.4 Å². The molecule has 2 amide bonds. The molecule has 2 heterocycles. The number of carbonyl (C=O) groups is 2. The lowest BCUT2D eigenvalue weighted by Gasteiger charge is -2.34. The summed E-state index contributed by atoms with van der Waals surface area (Å²) in [7, 11) is 0. The molecule has 1 aromatic carbocycles. The fraction of sp³-hybridized carbons (Fsp3) is 0.368. The van der Waals surface area contributed by atoms with Crippen molar-refractivity contribution in [3.05, 3.63) is 47.7 Å². The molecule has 28 heavy (non-hydrogen) atoms. The smallest absolute Gasteiger partial charge is 0.409 e. The summed E-state index contributed by atoms with van der Waals surface area (Å²) in [4.78, 5) is 36.3. The molecule has 1 aliphatic rings. The molecule has 3 N–H and O–H groups in total. The molecule has 3 rings (SSSR count). The Morgan fingerprint density at radius 3 is 2.54 bits per heavy atom. The first-order chi connectivity index (χ1) is 13.6. The molecule has 0 radical (unpaired) electrons. The molecular formula is C19H24N6O3. The van der Waals surface area contributed by atoms with Crippen LogP contribution < -0.4 is 16.0 Å². The minimum Gasteiger partial charge on any atom is -0.450 e. The number of carbonyl (C=O) groups excluding carboxylic acids is 2. The van der Waals surface area contributed by atoms with Crippen LogP contribution in [0.25, 0.3) is 0 Å².